The zero-order chi connectivity index (χ0) is 12.6. The summed E-state index contributed by atoms with van der Waals surface area (Å²) in [5.74, 6) is 2.81. The molecule has 1 aliphatic carbocycles. The van der Waals surface area contributed by atoms with Crippen molar-refractivity contribution in [1.82, 2.24) is 0 Å². The number of halogens is 2. The molecule has 0 saturated heterocycles. The van der Waals surface area contributed by atoms with Gasteiger partial charge in [0.1, 0.15) is 16.5 Å². The molecule has 0 bridgehead atoms. The van der Waals surface area contributed by atoms with E-state index < -0.39 is 0 Å². The Balaban J connectivity index is 2.36. The van der Waals surface area contributed by atoms with Gasteiger partial charge in [0.05, 0.1) is 14.2 Å². The van der Waals surface area contributed by atoms with E-state index in [1.807, 2.05) is 12.1 Å². The molecule has 0 N–H and O–H groups in total. The van der Waals surface area contributed by atoms with Crippen molar-refractivity contribution in [1.29, 1.82) is 0 Å². The Morgan fingerprint density at radius 1 is 1.35 bits per heavy atom. The Hall–Kier alpha value is -0.410. The molecule has 0 aliphatic heterocycles. The molecule has 1 aliphatic rings. The minimum absolute atomic E-state index is 0.302. The van der Waals surface area contributed by atoms with Gasteiger partial charge in [-0.3, -0.25) is 0 Å². The number of alkyl halides is 1. The average molecular weight is 320 g/mol. The second-order valence-corrected chi connectivity index (χ2v) is 5.85. The van der Waals surface area contributed by atoms with Crippen molar-refractivity contribution < 1.29 is 9.47 Å². The molecule has 0 heterocycles. The average Bonchev–Trinajstić information content (AvgIpc) is 3.05. The van der Waals surface area contributed by atoms with Gasteiger partial charge in [-0.05, 0) is 24.3 Å². The highest BCUT2D eigenvalue weighted by Gasteiger charge is 2.40. The van der Waals surface area contributed by atoms with Crippen molar-refractivity contribution in [2.45, 2.75) is 18.2 Å². The number of hydrogen-bond donors (Lipinski definition) is 0. The summed E-state index contributed by atoms with van der Waals surface area (Å²) in [4.78, 5) is 0.302. The molecular weight excluding hydrogens is 303 g/mol. The lowest BCUT2D eigenvalue weighted by Gasteiger charge is -2.17. The zero-order valence-corrected chi connectivity index (χ0v) is 12.5. The molecule has 3 unspecified atom stereocenters. The molecule has 0 amide bonds. The van der Waals surface area contributed by atoms with E-state index in [1.54, 1.807) is 14.2 Å². The predicted molar refractivity (Wildman–Crippen MR) is 73.5 cm³/mol. The van der Waals surface area contributed by atoms with E-state index in [0.717, 1.165) is 11.5 Å². The van der Waals surface area contributed by atoms with Crippen LogP contribution in [0.4, 0.5) is 0 Å². The van der Waals surface area contributed by atoms with Gasteiger partial charge in [0, 0.05) is 10.4 Å². The maximum Gasteiger partial charge on any atom is 0.145 e. The van der Waals surface area contributed by atoms with Gasteiger partial charge >= 0.3 is 0 Å². The van der Waals surface area contributed by atoms with Gasteiger partial charge in [0.2, 0.25) is 0 Å². The number of ether oxygens (including phenoxy) is 2. The minimum atomic E-state index is 0.302. The van der Waals surface area contributed by atoms with E-state index in [2.05, 4.69) is 22.9 Å². The summed E-state index contributed by atoms with van der Waals surface area (Å²) in [7, 11) is 3.25. The fraction of sp³-hybridized carbons (Fsp3) is 0.538. The van der Waals surface area contributed by atoms with Gasteiger partial charge in [0.25, 0.3) is 0 Å². The third-order valence-electron chi connectivity index (χ3n) is 3.36. The maximum atomic E-state index is 6.25. The Bertz CT molecular complexity index is 422. The molecule has 2 rings (SSSR count). The molecular formula is C13H16BrClO2. The van der Waals surface area contributed by atoms with Gasteiger partial charge in [-0.25, -0.2) is 0 Å². The summed E-state index contributed by atoms with van der Waals surface area (Å²) < 4.78 is 10.6. The minimum Gasteiger partial charge on any atom is -0.495 e. The van der Waals surface area contributed by atoms with E-state index in [9.17, 15) is 0 Å². The summed E-state index contributed by atoms with van der Waals surface area (Å²) in [6.07, 6.45) is 1.25. The van der Waals surface area contributed by atoms with Crippen LogP contribution in [-0.4, -0.2) is 14.2 Å². The number of methoxy groups -OCH3 is 2. The summed E-state index contributed by atoms with van der Waals surface area (Å²) in [5, 5.41) is 0.547. The lowest BCUT2D eigenvalue weighted by atomic mass is 10.1. The zero-order valence-electron chi connectivity index (χ0n) is 10.2. The van der Waals surface area contributed by atoms with Crippen molar-refractivity contribution in [2.75, 3.05) is 14.2 Å². The van der Waals surface area contributed by atoms with Crippen LogP contribution in [0.1, 0.15) is 23.7 Å². The van der Waals surface area contributed by atoms with Crippen molar-refractivity contribution in [3.63, 3.8) is 0 Å². The van der Waals surface area contributed by atoms with Crippen molar-refractivity contribution in [3.05, 3.63) is 22.7 Å². The summed E-state index contributed by atoms with van der Waals surface area (Å²) in [6, 6.07) is 3.91. The monoisotopic (exact) mass is 318 g/mol. The molecule has 94 valence electrons. The fourth-order valence-corrected chi connectivity index (χ4v) is 3.55. The predicted octanol–water partition coefficient (Wildman–Crippen LogP) is 4.45. The van der Waals surface area contributed by atoms with Gasteiger partial charge in [0.15, 0.2) is 0 Å². The number of benzene rings is 1. The van der Waals surface area contributed by atoms with E-state index in [-0.39, 0.29) is 0 Å². The highest BCUT2D eigenvalue weighted by atomic mass is 79.9. The lowest BCUT2D eigenvalue weighted by Crippen LogP contribution is -2.00. The molecule has 0 radical (unpaired) electrons. The van der Waals surface area contributed by atoms with E-state index in [1.165, 1.54) is 6.42 Å². The highest BCUT2D eigenvalue weighted by molar-refractivity contribution is 9.09. The van der Waals surface area contributed by atoms with Crippen molar-refractivity contribution in [3.8, 4) is 11.5 Å². The Kier molecular flexibility index (Phi) is 3.88. The molecule has 1 aromatic rings. The van der Waals surface area contributed by atoms with Gasteiger partial charge in [-0.2, -0.15) is 0 Å². The first kappa shape index (κ1) is 13.0. The molecule has 17 heavy (non-hydrogen) atoms. The standard InChI is InChI=1S/C13H16BrClO2/c1-7-6-9(7)11(14)8-4-5-10(16-2)12(15)13(8)17-3/h4-5,7,9,11H,6H2,1-3H3. The van der Waals surface area contributed by atoms with E-state index in [4.69, 9.17) is 21.1 Å². The van der Waals surface area contributed by atoms with Crippen LogP contribution < -0.4 is 9.47 Å². The highest BCUT2D eigenvalue weighted by Crippen LogP contribution is 2.54. The van der Waals surface area contributed by atoms with Crippen LogP contribution in [-0.2, 0) is 0 Å². The van der Waals surface area contributed by atoms with Crippen LogP contribution in [0.3, 0.4) is 0 Å². The van der Waals surface area contributed by atoms with Crippen LogP contribution in [0.2, 0.25) is 5.02 Å². The first-order chi connectivity index (χ1) is 8.10. The van der Waals surface area contributed by atoms with Gasteiger partial charge in [-0.1, -0.05) is 40.5 Å². The van der Waals surface area contributed by atoms with Crippen LogP contribution in [0, 0.1) is 11.8 Å². The van der Waals surface area contributed by atoms with Crippen LogP contribution >= 0.6 is 27.5 Å². The second-order valence-electron chi connectivity index (χ2n) is 4.48. The quantitative estimate of drug-likeness (QED) is 0.763. The number of rotatable bonds is 4. The first-order valence-electron chi connectivity index (χ1n) is 5.64. The molecule has 0 spiro atoms. The van der Waals surface area contributed by atoms with Crippen LogP contribution in [0.15, 0.2) is 12.1 Å². The van der Waals surface area contributed by atoms with Gasteiger partial charge < -0.3 is 9.47 Å². The van der Waals surface area contributed by atoms with Crippen LogP contribution in [0.25, 0.3) is 0 Å². The summed E-state index contributed by atoms with van der Waals surface area (Å²) in [5.41, 5.74) is 1.10. The van der Waals surface area contributed by atoms with Crippen molar-refractivity contribution >= 4 is 27.5 Å². The first-order valence-corrected chi connectivity index (χ1v) is 6.94. The Morgan fingerprint density at radius 2 is 2.00 bits per heavy atom. The maximum absolute atomic E-state index is 6.25. The Labute approximate surface area is 115 Å². The van der Waals surface area contributed by atoms with Crippen molar-refractivity contribution in [2.24, 2.45) is 11.8 Å². The second kappa shape index (κ2) is 5.07. The molecule has 2 nitrogen and oxygen atoms in total. The molecule has 1 fully saturated rings. The SMILES string of the molecule is COc1ccc(C(Br)C2CC2C)c(OC)c1Cl. The lowest BCUT2D eigenvalue weighted by molar-refractivity contribution is 0.390. The summed E-state index contributed by atoms with van der Waals surface area (Å²) in [6.45, 7) is 2.26. The molecule has 1 aromatic carbocycles. The molecule has 1 saturated carbocycles. The van der Waals surface area contributed by atoms with Gasteiger partial charge in [-0.15, -0.1) is 0 Å². The Morgan fingerprint density at radius 3 is 2.47 bits per heavy atom. The van der Waals surface area contributed by atoms with E-state index >= 15 is 0 Å². The summed E-state index contributed by atoms with van der Waals surface area (Å²) >= 11 is 9.99. The number of hydrogen-bond acceptors (Lipinski definition) is 2. The largest absolute Gasteiger partial charge is 0.495 e. The third-order valence-corrected chi connectivity index (χ3v) is 4.89. The fourth-order valence-electron chi connectivity index (χ4n) is 2.12. The van der Waals surface area contributed by atoms with E-state index in [0.29, 0.717) is 27.3 Å². The molecule has 3 atom stereocenters. The topological polar surface area (TPSA) is 18.5 Å². The smallest absolute Gasteiger partial charge is 0.145 e. The molecule has 4 heteroatoms. The normalized spacial score (nSPS) is 24.3. The third kappa shape index (κ3) is 2.41. The molecule has 0 aromatic heterocycles. The van der Waals surface area contributed by atoms with Crippen LogP contribution in [0.5, 0.6) is 11.5 Å².